The molecule has 0 aromatic rings. The highest BCUT2D eigenvalue weighted by atomic mass is 14.4. The van der Waals surface area contributed by atoms with Crippen LogP contribution in [0.1, 0.15) is 124 Å². The van der Waals surface area contributed by atoms with Crippen molar-refractivity contribution >= 4 is 0 Å². The summed E-state index contributed by atoms with van der Waals surface area (Å²) >= 11 is 0. The van der Waals surface area contributed by atoms with Gasteiger partial charge in [-0.2, -0.15) is 0 Å². The maximum Gasteiger partial charge on any atom is -0.00274 e. The monoisotopic (exact) mass is 422 g/mol. The Morgan fingerprint density at radius 2 is 1.81 bits per heavy atom. The lowest BCUT2D eigenvalue weighted by Gasteiger charge is -2.41. The first-order valence-electron chi connectivity index (χ1n) is 13.6. The van der Waals surface area contributed by atoms with Gasteiger partial charge in [0.15, 0.2) is 0 Å². The molecule has 0 bridgehead atoms. The first-order valence-corrected chi connectivity index (χ1v) is 13.6. The quantitative estimate of drug-likeness (QED) is 0.182. The van der Waals surface area contributed by atoms with Crippen molar-refractivity contribution in [2.24, 2.45) is 11.3 Å². The molecule has 0 aliphatic heterocycles. The van der Waals surface area contributed by atoms with Gasteiger partial charge in [-0.3, -0.25) is 0 Å². The van der Waals surface area contributed by atoms with Crippen molar-refractivity contribution in [2.45, 2.75) is 124 Å². The van der Waals surface area contributed by atoms with E-state index >= 15 is 0 Å². The number of rotatable bonds is 15. The van der Waals surface area contributed by atoms with Crippen molar-refractivity contribution in [1.29, 1.82) is 0 Å². The summed E-state index contributed by atoms with van der Waals surface area (Å²) in [6.45, 7) is 9.44. The molecule has 2 unspecified atom stereocenters. The SMILES string of the molecule is CC/C=C\C(C)C(CC)(CCCCCC1=CCCC(CCCCC)=C1)C1=CC=CCC1. The lowest BCUT2D eigenvalue weighted by Crippen LogP contribution is -2.30. The lowest BCUT2D eigenvalue weighted by atomic mass is 9.63. The summed E-state index contributed by atoms with van der Waals surface area (Å²) in [5.74, 6) is 0.630. The van der Waals surface area contributed by atoms with Gasteiger partial charge in [-0.1, -0.05) is 113 Å². The van der Waals surface area contributed by atoms with E-state index in [2.05, 4.69) is 70.2 Å². The second kappa shape index (κ2) is 14.7. The lowest BCUT2D eigenvalue weighted by molar-refractivity contribution is 0.222. The van der Waals surface area contributed by atoms with E-state index in [0.717, 1.165) is 6.42 Å². The van der Waals surface area contributed by atoms with Crippen LogP contribution in [0, 0.1) is 11.3 Å². The summed E-state index contributed by atoms with van der Waals surface area (Å²) in [5, 5.41) is 0. The number of allylic oxidation sites excluding steroid dienone is 10. The molecule has 0 N–H and O–H groups in total. The second-order valence-electron chi connectivity index (χ2n) is 9.93. The number of hydrogen-bond donors (Lipinski definition) is 0. The fourth-order valence-corrected chi connectivity index (χ4v) is 5.70. The van der Waals surface area contributed by atoms with Crippen molar-refractivity contribution in [3.8, 4) is 0 Å². The summed E-state index contributed by atoms with van der Waals surface area (Å²) in [7, 11) is 0. The van der Waals surface area contributed by atoms with Crippen molar-refractivity contribution in [1.82, 2.24) is 0 Å². The highest BCUT2D eigenvalue weighted by Gasteiger charge is 2.36. The average Bonchev–Trinajstić information content (AvgIpc) is 2.81. The van der Waals surface area contributed by atoms with Gasteiger partial charge in [0.1, 0.15) is 0 Å². The normalized spacial score (nSPS) is 19.7. The molecule has 174 valence electrons. The highest BCUT2D eigenvalue weighted by molar-refractivity contribution is 5.28. The molecular formula is C31H50. The summed E-state index contributed by atoms with van der Waals surface area (Å²) in [6.07, 6.45) is 36.6. The third kappa shape index (κ3) is 8.28. The third-order valence-electron chi connectivity index (χ3n) is 7.77. The van der Waals surface area contributed by atoms with Crippen LogP contribution in [-0.2, 0) is 0 Å². The first-order chi connectivity index (χ1) is 15.2. The van der Waals surface area contributed by atoms with Gasteiger partial charge < -0.3 is 0 Å². The van der Waals surface area contributed by atoms with Gasteiger partial charge in [0, 0.05) is 0 Å². The number of hydrogen-bond acceptors (Lipinski definition) is 0. The Morgan fingerprint density at radius 1 is 0.968 bits per heavy atom. The molecule has 2 aliphatic rings. The van der Waals surface area contributed by atoms with Crippen LogP contribution in [0.3, 0.4) is 0 Å². The molecule has 0 nitrogen and oxygen atoms in total. The molecule has 0 aromatic heterocycles. The van der Waals surface area contributed by atoms with E-state index in [1.807, 2.05) is 0 Å². The average molecular weight is 423 g/mol. The van der Waals surface area contributed by atoms with Crippen LogP contribution in [0.2, 0.25) is 0 Å². The maximum absolute atomic E-state index is 2.55. The Kier molecular flexibility index (Phi) is 12.3. The maximum atomic E-state index is 2.55. The van der Waals surface area contributed by atoms with Crippen molar-refractivity contribution in [3.05, 3.63) is 59.3 Å². The van der Waals surface area contributed by atoms with E-state index in [4.69, 9.17) is 0 Å². The fourth-order valence-electron chi connectivity index (χ4n) is 5.70. The fraction of sp³-hybridized carbons (Fsp3) is 0.677. The van der Waals surface area contributed by atoms with Gasteiger partial charge in [0.05, 0.1) is 0 Å². The van der Waals surface area contributed by atoms with E-state index in [1.165, 1.54) is 89.9 Å². The highest BCUT2D eigenvalue weighted by Crippen LogP contribution is 2.47. The van der Waals surface area contributed by atoms with E-state index in [9.17, 15) is 0 Å². The minimum Gasteiger partial charge on any atom is -0.0885 e. The van der Waals surface area contributed by atoms with Gasteiger partial charge in [0.2, 0.25) is 0 Å². The molecule has 0 amide bonds. The minimum absolute atomic E-state index is 0.354. The molecule has 2 atom stereocenters. The predicted octanol–water partition coefficient (Wildman–Crippen LogP) is 10.4. The van der Waals surface area contributed by atoms with Crippen LogP contribution in [0.25, 0.3) is 0 Å². The topological polar surface area (TPSA) is 0 Å². The Labute approximate surface area is 194 Å². The Balaban J connectivity index is 1.88. The first kappa shape index (κ1) is 26.0. The van der Waals surface area contributed by atoms with Crippen LogP contribution in [0.4, 0.5) is 0 Å². The van der Waals surface area contributed by atoms with E-state index in [-0.39, 0.29) is 0 Å². The van der Waals surface area contributed by atoms with Crippen LogP contribution in [0.5, 0.6) is 0 Å². The predicted molar refractivity (Wildman–Crippen MR) is 140 cm³/mol. The van der Waals surface area contributed by atoms with E-state index < -0.39 is 0 Å². The molecule has 0 saturated carbocycles. The summed E-state index contributed by atoms with van der Waals surface area (Å²) in [5.41, 5.74) is 5.40. The van der Waals surface area contributed by atoms with Crippen molar-refractivity contribution in [2.75, 3.05) is 0 Å². The molecule has 0 spiro atoms. The summed E-state index contributed by atoms with van der Waals surface area (Å²) < 4.78 is 0. The molecule has 31 heavy (non-hydrogen) atoms. The third-order valence-corrected chi connectivity index (χ3v) is 7.77. The zero-order valence-corrected chi connectivity index (χ0v) is 21.2. The molecule has 0 aromatic carbocycles. The molecule has 0 heterocycles. The largest absolute Gasteiger partial charge is 0.0885 e. The van der Waals surface area contributed by atoms with Gasteiger partial charge in [0.25, 0.3) is 0 Å². The Hall–Kier alpha value is -1.30. The second-order valence-corrected chi connectivity index (χ2v) is 9.93. The van der Waals surface area contributed by atoms with Crippen LogP contribution in [0.15, 0.2) is 59.3 Å². The zero-order valence-electron chi connectivity index (χ0n) is 21.2. The summed E-state index contributed by atoms with van der Waals surface area (Å²) in [6, 6.07) is 0. The minimum atomic E-state index is 0.354. The molecule has 0 fully saturated rings. The molecule has 2 rings (SSSR count). The van der Waals surface area contributed by atoms with Gasteiger partial charge in [-0.15, -0.1) is 0 Å². The van der Waals surface area contributed by atoms with Crippen molar-refractivity contribution in [3.63, 3.8) is 0 Å². The smallest absolute Gasteiger partial charge is 0.00274 e. The van der Waals surface area contributed by atoms with Crippen molar-refractivity contribution < 1.29 is 0 Å². The number of unbranched alkanes of at least 4 members (excludes halogenated alkanes) is 4. The van der Waals surface area contributed by atoms with Crippen LogP contribution in [-0.4, -0.2) is 0 Å². The van der Waals surface area contributed by atoms with E-state index in [0.29, 0.717) is 11.3 Å². The van der Waals surface area contributed by atoms with Crippen LogP contribution < -0.4 is 0 Å². The molecule has 0 heteroatoms. The van der Waals surface area contributed by atoms with E-state index in [1.54, 1.807) is 16.7 Å². The Bertz CT molecular complexity index is 654. The van der Waals surface area contributed by atoms with Gasteiger partial charge in [-0.25, -0.2) is 0 Å². The molecular weight excluding hydrogens is 372 g/mol. The van der Waals surface area contributed by atoms with Gasteiger partial charge >= 0.3 is 0 Å². The summed E-state index contributed by atoms with van der Waals surface area (Å²) in [4.78, 5) is 0. The molecule has 0 radical (unpaired) electrons. The van der Waals surface area contributed by atoms with Gasteiger partial charge in [-0.05, 0) is 82.0 Å². The zero-order chi connectivity index (χ0) is 22.4. The Morgan fingerprint density at radius 3 is 2.52 bits per heavy atom. The van der Waals surface area contributed by atoms with Crippen LogP contribution >= 0.6 is 0 Å². The standard InChI is InChI=1S/C31H50/c1-5-8-12-19-28-21-17-22-29(26-28)20-13-11-16-25-31(7-3,27(4)18-9-6-2)30-23-14-10-15-24-30/h9-10,14,18,22-23,26-27H,5-8,11-13,15-17,19-21,24-25H2,1-4H3/b18-9-. The molecule has 0 saturated heterocycles. The molecule has 2 aliphatic carbocycles.